The second kappa shape index (κ2) is 8.63. The van der Waals surface area contributed by atoms with Crippen LogP contribution in [0.4, 0.5) is 5.69 Å². The van der Waals surface area contributed by atoms with E-state index in [2.05, 4.69) is 5.32 Å². The maximum Gasteiger partial charge on any atom is 0.338 e. The lowest BCUT2D eigenvalue weighted by Gasteiger charge is -2.04. The van der Waals surface area contributed by atoms with Crippen molar-refractivity contribution in [2.45, 2.75) is 6.92 Å². The zero-order valence-corrected chi connectivity index (χ0v) is 16.1. The molecule has 0 aliphatic carbocycles. The Kier molecular flexibility index (Phi) is 6.01. The van der Waals surface area contributed by atoms with Crippen molar-refractivity contribution in [1.29, 1.82) is 0 Å². The third-order valence-corrected chi connectivity index (χ3v) is 4.07. The first-order valence-electron chi connectivity index (χ1n) is 8.53. The number of halogens is 1. The van der Waals surface area contributed by atoms with Crippen LogP contribution in [-0.4, -0.2) is 25.6 Å². The molecule has 3 aromatic rings. The molecule has 28 heavy (non-hydrogen) atoms. The number of methoxy groups -OCH3 is 1. The normalized spacial score (nSPS) is 11.0. The second-order valence-electron chi connectivity index (χ2n) is 5.80. The molecule has 0 fully saturated rings. The fraction of sp³-hybridized carbons (Fsp3) is 0.143. The minimum Gasteiger partial charge on any atom is -0.493 e. The zero-order valence-electron chi connectivity index (χ0n) is 15.3. The molecule has 0 aliphatic heterocycles. The fourth-order valence-electron chi connectivity index (χ4n) is 2.59. The fourth-order valence-corrected chi connectivity index (χ4v) is 2.80. The number of benzene rings is 2. The summed E-state index contributed by atoms with van der Waals surface area (Å²) in [7, 11) is 1.53. The Hall–Kier alpha value is -3.25. The predicted molar refractivity (Wildman–Crippen MR) is 108 cm³/mol. The Balaban J connectivity index is 1.68. The lowest BCUT2D eigenvalue weighted by atomic mass is 10.2. The lowest BCUT2D eigenvalue weighted by molar-refractivity contribution is -0.111. The highest BCUT2D eigenvalue weighted by molar-refractivity contribution is 6.31. The number of hydrogen-bond donors (Lipinski definition) is 1. The summed E-state index contributed by atoms with van der Waals surface area (Å²) in [6.45, 7) is 2.05. The maximum absolute atomic E-state index is 12.1. The Labute approximate surface area is 166 Å². The predicted octanol–water partition coefficient (Wildman–Crippen LogP) is 4.92. The molecule has 1 amide bonds. The number of rotatable bonds is 6. The van der Waals surface area contributed by atoms with E-state index in [1.54, 1.807) is 55.5 Å². The van der Waals surface area contributed by atoms with Gasteiger partial charge in [0.2, 0.25) is 5.91 Å². The van der Waals surface area contributed by atoms with Crippen LogP contribution in [0.1, 0.15) is 23.0 Å². The maximum atomic E-state index is 12.1. The van der Waals surface area contributed by atoms with Crippen LogP contribution in [0.25, 0.3) is 17.0 Å². The van der Waals surface area contributed by atoms with Crippen molar-refractivity contribution in [2.75, 3.05) is 19.0 Å². The van der Waals surface area contributed by atoms with Crippen LogP contribution in [0.5, 0.6) is 5.75 Å². The molecule has 3 rings (SSSR count). The summed E-state index contributed by atoms with van der Waals surface area (Å²) >= 11 is 6.05. The highest BCUT2D eigenvalue weighted by Crippen LogP contribution is 2.32. The minimum atomic E-state index is -0.402. The number of fused-ring (bicyclic) bond motifs is 1. The Morgan fingerprint density at radius 2 is 1.93 bits per heavy atom. The molecule has 0 atom stereocenters. The van der Waals surface area contributed by atoms with Crippen LogP contribution in [0, 0.1) is 0 Å². The Morgan fingerprint density at radius 3 is 2.61 bits per heavy atom. The lowest BCUT2D eigenvalue weighted by Crippen LogP contribution is -2.08. The first kappa shape index (κ1) is 19.5. The van der Waals surface area contributed by atoms with Gasteiger partial charge in [-0.3, -0.25) is 4.79 Å². The highest BCUT2D eigenvalue weighted by atomic mass is 35.5. The summed E-state index contributed by atoms with van der Waals surface area (Å²) in [6, 6.07) is 11.6. The number of carbonyl (C=O) groups is 2. The van der Waals surface area contributed by atoms with Gasteiger partial charge in [0.05, 0.1) is 19.3 Å². The van der Waals surface area contributed by atoms with Crippen LogP contribution >= 0.6 is 11.6 Å². The molecule has 1 N–H and O–H groups in total. The van der Waals surface area contributed by atoms with E-state index in [0.717, 1.165) is 5.39 Å². The molecule has 0 aliphatic rings. The largest absolute Gasteiger partial charge is 0.493 e. The van der Waals surface area contributed by atoms with Crippen molar-refractivity contribution in [1.82, 2.24) is 0 Å². The van der Waals surface area contributed by atoms with Crippen LogP contribution in [0.3, 0.4) is 0 Å². The third-order valence-electron chi connectivity index (χ3n) is 3.85. The quantitative estimate of drug-likeness (QED) is 0.470. The average Bonchev–Trinajstić information content (AvgIpc) is 3.09. The molecule has 1 heterocycles. The van der Waals surface area contributed by atoms with E-state index < -0.39 is 5.97 Å². The molecule has 1 aromatic heterocycles. The molecule has 7 heteroatoms. The van der Waals surface area contributed by atoms with Gasteiger partial charge in [-0.25, -0.2) is 4.79 Å². The van der Waals surface area contributed by atoms with E-state index in [9.17, 15) is 9.59 Å². The van der Waals surface area contributed by atoms with Crippen molar-refractivity contribution in [3.8, 4) is 5.75 Å². The second-order valence-corrected chi connectivity index (χ2v) is 6.23. The van der Waals surface area contributed by atoms with Gasteiger partial charge < -0.3 is 19.2 Å². The summed E-state index contributed by atoms with van der Waals surface area (Å²) in [4.78, 5) is 23.8. The van der Waals surface area contributed by atoms with Crippen LogP contribution < -0.4 is 10.1 Å². The third kappa shape index (κ3) is 4.53. The number of esters is 1. The SMILES string of the molecule is CCOC(=O)c1ccc(NC(=O)/C=C/c2cc3cc(Cl)cc(OC)c3o2)cc1. The summed E-state index contributed by atoms with van der Waals surface area (Å²) in [6.07, 6.45) is 2.90. The van der Waals surface area contributed by atoms with Gasteiger partial charge in [0.15, 0.2) is 11.3 Å². The molecule has 0 saturated carbocycles. The van der Waals surface area contributed by atoms with E-state index in [0.29, 0.717) is 40.0 Å². The number of hydrogen-bond acceptors (Lipinski definition) is 5. The smallest absolute Gasteiger partial charge is 0.338 e. The monoisotopic (exact) mass is 399 g/mol. The summed E-state index contributed by atoms with van der Waals surface area (Å²) in [5.41, 5.74) is 1.53. The van der Waals surface area contributed by atoms with Crippen LogP contribution in [-0.2, 0) is 9.53 Å². The molecular formula is C21H18ClNO5. The van der Waals surface area contributed by atoms with Gasteiger partial charge in [-0.2, -0.15) is 0 Å². The van der Waals surface area contributed by atoms with Gasteiger partial charge in [-0.1, -0.05) is 11.6 Å². The number of nitrogens with one attached hydrogen (secondary N) is 1. The van der Waals surface area contributed by atoms with E-state index in [1.807, 2.05) is 0 Å². The topological polar surface area (TPSA) is 77.8 Å². The molecule has 144 valence electrons. The number of anilines is 1. The Bertz CT molecular complexity index is 1040. The van der Waals surface area contributed by atoms with Gasteiger partial charge in [-0.05, 0) is 49.4 Å². The minimum absolute atomic E-state index is 0.308. The van der Waals surface area contributed by atoms with Crippen molar-refractivity contribution >= 4 is 46.2 Å². The van der Waals surface area contributed by atoms with E-state index >= 15 is 0 Å². The van der Waals surface area contributed by atoms with Gasteiger partial charge in [0.25, 0.3) is 0 Å². The van der Waals surface area contributed by atoms with Crippen molar-refractivity contribution in [3.05, 3.63) is 64.9 Å². The van der Waals surface area contributed by atoms with Crippen molar-refractivity contribution in [3.63, 3.8) is 0 Å². The van der Waals surface area contributed by atoms with E-state index in [1.165, 1.54) is 13.2 Å². The summed E-state index contributed by atoms with van der Waals surface area (Å²) in [5.74, 6) is 0.270. The molecule has 0 spiro atoms. The van der Waals surface area contributed by atoms with Gasteiger partial charge in [-0.15, -0.1) is 0 Å². The summed E-state index contributed by atoms with van der Waals surface area (Å²) in [5, 5.41) is 4.02. The van der Waals surface area contributed by atoms with Crippen LogP contribution in [0.15, 0.2) is 53.0 Å². The molecule has 0 saturated heterocycles. The first-order valence-corrected chi connectivity index (χ1v) is 8.91. The number of carbonyl (C=O) groups excluding carboxylic acids is 2. The summed E-state index contributed by atoms with van der Waals surface area (Å²) < 4.78 is 15.9. The standard InChI is InChI=1S/C21H18ClNO5/c1-3-27-21(25)13-4-6-16(7-5-13)23-19(24)9-8-17-11-14-10-15(22)12-18(26-2)20(14)28-17/h4-12H,3H2,1-2H3,(H,23,24)/b9-8+. The number of amides is 1. The molecule has 0 radical (unpaired) electrons. The van der Waals surface area contributed by atoms with Gasteiger partial charge in [0, 0.05) is 28.2 Å². The Morgan fingerprint density at radius 1 is 1.18 bits per heavy atom. The van der Waals surface area contributed by atoms with Gasteiger partial charge >= 0.3 is 5.97 Å². The zero-order chi connectivity index (χ0) is 20.1. The van der Waals surface area contributed by atoms with E-state index in [4.69, 9.17) is 25.5 Å². The van der Waals surface area contributed by atoms with Crippen molar-refractivity contribution < 1.29 is 23.5 Å². The van der Waals surface area contributed by atoms with Crippen molar-refractivity contribution in [2.24, 2.45) is 0 Å². The average molecular weight is 400 g/mol. The number of furan rings is 1. The highest BCUT2D eigenvalue weighted by Gasteiger charge is 2.10. The van der Waals surface area contributed by atoms with Gasteiger partial charge in [0.1, 0.15) is 5.76 Å². The molecule has 6 nitrogen and oxygen atoms in total. The first-order chi connectivity index (χ1) is 13.5. The molecule has 0 unspecified atom stereocenters. The molecular weight excluding hydrogens is 382 g/mol. The number of ether oxygens (including phenoxy) is 2. The van der Waals surface area contributed by atoms with Crippen LogP contribution in [0.2, 0.25) is 5.02 Å². The molecule has 0 bridgehead atoms. The molecule has 2 aromatic carbocycles. The van der Waals surface area contributed by atoms with E-state index in [-0.39, 0.29) is 5.91 Å².